The molecule has 1 fully saturated rings. The van der Waals surface area contributed by atoms with Crippen molar-refractivity contribution in [3.05, 3.63) is 70.7 Å². The maximum absolute atomic E-state index is 13.3. The number of aromatic nitrogens is 1. The third-order valence-electron chi connectivity index (χ3n) is 5.73. The quantitative estimate of drug-likeness (QED) is 0.575. The van der Waals surface area contributed by atoms with Crippen LogP contribution in [0.15, 0.2) is 53.1 Å². The predicted octanol–water partition coefficient (Wildman–Crippen LogP) is 5.18. The Morgan fingerprint density at radius 2 is 1.83 bits per heavy atom. The van der Waals surface area contributed by atoms with E-state index in [4.69, 9.17) is 16.1 Å². The van der Waals surface area contributed by atoms with Crippen LogP contribution in [-0.2, 0) is 0 Å². The second-order valence-corrected chi connectivity index (χ2v) is 7.96. The number of rotatable bonds is 4. The summed E-state index contributed by atoms with van der Waals surface area (Å²) in [5, 5.41) is 4.63. The molecule has 3 aromatic rings. The predicted molar refractivity (Wildman–Crippen MR) is 115 cm³/mol. The van der Waals surface area contributed by atoms with Crippen LogP contribution in [0.2, 0.25) is 5.02 Å². The van der Waals surface area contributed by atoms with Crippen molar-refractivity contribution in [3.8, 4) is 11.3 Å². The molecule has 0 spiro atoms. The minimum atomic E-state index is -0.239. The van der Waals surface area contributed by atoms with Crippen LogP contribution in [-0.4, -0.2) is 42.1 Å². The molecule has 5 nitrogen and oxygen atoms in total. The van der Waals surface area contributed by atoms with Crippen molar-refractivity contribution in [3.63, 3.8) is 0 Å². The zero-order valence-corrected chi connectivity index (χ0v) is 17.7. The Balaban J connectivity index is 1.49. The molecule has 0 radical (unpaired) electrons. The van der Waals surface area contributed by atoms with Gasteiger partial charge in [0.15, 0.2) is 0 Å². The molecule has 30 heavy (non-hydrogen) atoms. The fraction of sp³-hybridized carbons (Fsp3) is 0.304. The van der Waals surface area contributed by atoms with Crippen molar-refractivity contribution in [2.75, 3.05) is 25.0 Å². The molecule has 7 heteroatoms. The largest absolute Gasteiger partial charge is 0.371 e. The average Bonchev–Trinajstić information content (AvgIpc) is 3.15. The molecule has 2 aromatic carbocycles. The van der Waals surface area contributed by atoms with E-state index in [2.05, 4.69) is 10.1 Å². The van der Waals surface area contributed by atoms with E-state index >= 15 is 0 Å². The molecule has 1 aliphatic rings. The topological polar surface area (TPSA) is 49.6 Å². The average molecular weight is 428 g/mol. The summed E-state index contributed by atoms with van der Waals surface area (Å²) in [7, 11) is 1.82. The van der Waals surface area contributed by atoms with Gasteiger partial charge in [0, 0.05) is 37.4 Å². The summed E-state index contributed by atoms with van der Waals surface area (Å²) in [6, 6.07) is 13.9. The molecule has 0 unspecified atom stereocenters. The second kappa shape index (κ2) is 8.48. The number of amides is 1. The molecule has 1 aliphatic heterocycles. The van der Waals surface area contributed by atoms with Gasteiger partial charge >= 0.3 is 0 Å². The first-order chi connectivity index (χ1) is 14.5. The molecule has 0 N–H and O–H groups in total. The van der Waals surface area contributed by atoms with Crippen molar-refractivity contribution in [2.45, 2.75) is 25.8 Å². The first-order valence-corrected chi connectivity index (χ1v) is 10.3. The molecular weight excluding hydrogens is 405 g/mol. The summed E-state index contributed by atoms with van der Waals surface area (Å²) in [5.74, 6) is 0.117. The Kier molecular flexibility index (Phi) is 5.77. The van der Waals surface area contributed by atoms with Gasteiger partial charge in [-0.1, -0.05) is 35.0 Å². The van der Waals surface area contributed by atoms with Gasteiger partial charge in [0.1, 0.15) is 22.8 Å². The van der Waals surface area contributed by atoms with Gasteiger partial charge in [-0.25, -0.2) is 4.39 Å². The Bertz CT molecular complexity index is 1040. The summed E-state index contributed by atoms with van der Waals surface area (Å²) < 4.78 is 18.5. The molecule has 4 rings (SSSR count). The van der Waals surface area contributed by atoms with Gasteiger partial charge in [0.05, 0.1) is 5.02 Å². The molecule has 1 aromatic heterocycles. The van der Waals surface area contributed by atoms with Crippen molar-refractivity contribution in [1.82, 2.24) is 10.1 Å². The highest BCUT2D eigenvalue weighted by Gasteiger charge is 2.31. The van der Waals surface area contributed by atoms with E-state index in [9.17, 15) is 9.18 Å². The highest BCUT2D eigenvalue weighted by atomic mass is 35.5. The number of piperidine rings is 1. The number of hydrogen-bond donors (Lipinski definition) is 0. The van der Waals surface area contributed by atoms with Gasteiger partial charge in [-0.3, -0.25) is 4.79 Å². The fourth-order valence-electron chi connectivity index (χ4n) is 3.97. The second-order valence-electron chi connectivity index (χ2n) is 7.55. The lowest BCUT2D eigenvalue weighted by Gasteiger charge is -2.37. The van der Waals surface area contributed by atoms with E-state index in [1.165, 1.54) is 12.1 Å². The van der Waals surface area contributed by atoms with E-state index in [1.54, 1.807) is 30.0 Å². The number of anilines is 1. The van der Waals surface area contributed by atoms with Crippen LogP contribution in [0.25, 0.3) is 11.3 Å². The van der Waals surface area contributed by atoms with Crippen LogP contribution in [0.1, 0.15) is 29.0 Å². The zero-order valence-electron chi connectivity index (χ0n) is 16.9. The number of carbonyl (C=O) groups is 1. The number of nitrogens with zero attached hydrogens (tertiary/aromatic N) is 3. The molecule has 2 heterocycles. The Labute approximate surface area is 180 Å². The van der Waals surface area contributed by atoms with Crippen LogP contribution in [0.3, 0.4) is 0 Å². The summed E-state index contributed by atoms with van der Waals surface area (Å²) in [4.78, 5) is 17.3. The molecule has 0 bridgehead atoms. The normalized spacial score (nSPS) is 14.7. The fourth-order valence-corrected chi connectivity index (χ4v) is 4.19. The SMILES string of the molecule is Cc1onc(-c2ccccc2Cl)c1C(=O)N(C)C1CCN(c2ccc(F)cc2)CC1. The van der Waals surface area contributed by atoms with E-state index < -0.39 is 0 Å². The zero-order chi connectivity index (χ0) is 21.3. The van der Waals surface area contributed by atoms with Gasteiger partial charge in [-0.2, -0.15) is 0 Å². The first kappa shape index (κ1) is 20.4. The van der Waals surface area contributed by atoms with Gasteiger partial charge in [-0.15, -0.1) is 0 Å². The van der Waals surface area contributed by atoms with Crippen molar-refractivity contribution >= 4 is 23.2 Å². The van der Waals surface area contributed by atoms with Crippen molar-refractivity contribution < 1.29 is 13.7 Å². The van der Waals surface area contributed by atoms with Crippen LogP contribution < -0.4 is 4.90 Å². The molecule has 156 valence electrons. The van der Waals surface area contributed by atoms with E-state index in [0.29, 0.717) is 27.6 Å². The smallest absolute Gasteiger partial charge is 0.259 e. The number of carbonyl (C=O) groups excluding carboxylic acids is 1. The van der Waals surface area contributed by atoms with Gasteiger partial charge in [-0.05, 0) is 50.1 Å². The summed E-state index contributed by atoms with van der Waals surface area (Å²) >= 11 is 6.32. The number of benzene rings is 2. The first-order valence-electron chi connectivity index (χ1n) is 9.94. The molecule has 1 amide bonds. The minimum absolute atomic E-state index is 0.0996. The molecular formula is C23H23ClFN3O2. The summed E-state index contributed by atoms with van der Waals surface area (Å²) in [6.07, 6.45) is 1.65. The standard InChI is InChI=1S/C23H23ClFN3O2/c1-15-21(22(26-30-15)19-5-3-4-6-20(19)24)23(29)27(2)17-11-13-28(14-12-17)18-9-7-16(25)8-10-18/h3-10,17H,11-14H2,1-2H3. The maximum atomic E-state index is 13.3. The lowest BCUT2D eigenvalue weighted by atomic mass is 10.00. The molecule has 0 saturated carbocycles. The highest BCUT2D eigenvalue weighted by molar-refractivity contribution is 6.33. The molecule has 1 saturated heterocycles. The number of hydrogen-bond acceptors (Lipinski definition) is 4. The minimum Gasteiger partial charge on any atom is -0.371 e. The van der Waals surface area contributed by atoms with Gasteiger partial charge in [0.25, 0.3) is 5.91 Å². The van der Waals surface area contributed by atoms with Crippen LogP contribution >= 0.6 is 11.6 Å². The third kappa shape index (κ3) is 3.92. The van der Waals surface area contributed by atoms with Crippen LogP contribution in [0.5, 0.6) is 0 Å². The Morgan fingerprint density at radius 1 is 1.17 bits per heavy atom. The number of halogens is 2. The van der Waals surface area contributed by atoms with E-state index in [1.807, 2.05) is 25.2 Å². The van der Waals surface area contributed by atoms with Crippen LogP contribution in [0, 0.1) is 12.7 Å². The summed E-state index contributed by atoms with van der Waals surface area (Å²) in [5.41, 5.74) is 2.60. The lowest BCUT2D eigenvalue weighted by molar-refractivity contribution is 0.0708. The monoisotopic (exact) mass is 427 g/mol. The van der Waals surface area contributed by atoms with E-state index in [-0.39, 0.29) is 17.8 Å². The van der Waals surface area contributed by atoms with Gasteiger partial charge < -0.3 is 14.3 Å². The van der Waals surface area contributed by atoms with E-state index in [0.717, 1.165) is 31.6 Å². The molecule has 0 aliphatic carbocycles. The molecule has 0 atom stereocenters. The van der Waals surface area contributed by atoms with Crippen molar-refractivity contribution in [1.29, 1.82) is 0 Å². The maximum Gasteiger partial charge on any atom is 0.259 e. The number of aryl methyl sites for hydroxylation is 1. The highest BCUT2D eigenvalue weighted by Crippen LogP contribution is 2.32. The Morgan fingerprint density at radius 3 is 2.50 bits per heavy atom. The Hall–Kier alpha value is -2.86. The van der Waals surface area contributed by atoms with Crippen molar-refractivity contribution in [2.24, 2.45) is 0 Å². The summed E-state index contributed by atoms with van der Waals surface area (Å²) in [6.45, 7) is 3.34. The lowest BCUT2D eigenvalue weighted by Crippen LogP contribution is -2.45. The third-order valence-corrected chi connectivity index (χ3v) is 6.06. The van der Waals surface area contributed by atoms with Gasteiger partial charge in [0.2, 0.25) is 0 Å². The van der Waals surface area contributed by atoms with Crippen LogP contribution in [0.4, 0.5) is 10.1 Å².